The molecule has 0 aromatic rings. The molecule has 0 rings (SSSR count). The maximum atomic E-state index is 11.4. The van der Waals surface area contributed by atoms with E-state index in [-0.39, 0.29) is 24.0 Å². The molecule has 0 saturated heterocycles. The van der Waals surface area contributed by atoms with Crippen LogP contribution in [0.15, 0.2) is 0 Å². The molecule has 0 aliphatic carbocycles. The standard InChI is InChI=1S/C14H28N2O4S2/c1-3-19-13(17)7-11(9-21)15-5-6-16-12(10-22)8-14(18)20-4-2/h11-12,15-16,21-22H,3-10H2,1-2H3/t11-,12+. The number of hydrogen-bond donors (Lipinski definition) is 4. The fourth-order valence-corrected chi connectivity index (χ4v) is 2.31. The summed E-state index contributed by atoms with van der Waals surface area (Å²) in [6.45, 7) is 5.67. The molecule has 0 aliphatic heterocycles. The lowest BCUT2D eigenvalue weighted by Crippen LogP contribution is -2.42. The van der Waals surface area contributed by atoms with E-state index < -0.39 is 0 Å². The van der Waals surface area contributed by atoms with E-state index in [0.29, 0.717) is 50.7 Å². The van der Waals surface area contributed by atoms with E-state index in [0.717, 1.165) is 0 Å². The third-order valence-electron chi connectivity index (χ3n) is 2.87. The molecule has 2 atom stereocenters. The number of hydrogen-bond acceptors (Lipinski definition) is 8. The molecule has 0 radical (unpaired) electrons. The van der Waals surface area contributed by atoms with Crippen LogP contribution < -0.4 is 10.6 Å². The van der Waals surface area contributed by atoms with Crippen molar-refractivity contribution < 1.29 is 19.1 Å². The molecule has 130 valence electrons. The quantitative estimate of drug-likeness (QED) is 0.222. The van der Waals surface area contributed by atoms with Crippen molar-refractivity contribution in [1.82, 2.24) is 10.6 Å². The zero-order valence-corrected chi connectivity index (χ0v) is 15.1. The van der Waals surface area contributed by atoms with Crippen LogP contribution in [0.25, 0.3) is 0 Å². The third-order valence-corrected chi connectivity index (χ3v) is 3.75. The van der Waals surface area contributed by atoms with Crippen molar-refractivity contribution in [3.63, 3.8) is 0 Å². The van der Waals surface area contributed by atoms with Crippen molar-refractivity contribution in [1.29, 1.82) is 0 Å². The van der Waals surface area contributed by atoms with E-state index >= 15 is 0 Å². The highest BCUT2D eigenvalue weighted by Gasteiger charge is 2.14. The highest BCUT2D eigenvalue weighted by Crippen LogP contribution is 1.99. The third kappa shape index (κ3) is 11.2. The predicted molar refractivity (Wildman–Crippen MR) is 93.8 cm³/mol. The van der Waals surface area contributed by atoms with Crippen molar-refractivity contribution in [3.05, 3.63) is 0 Å². The summed E-state index contributed by atoms with van der Waals surface area (Å²) < 4.78 is 9.83. The van der Waals surface area contributed by atoms with Gasteiger partial charge in [0.2, 0.25) is 0 Å². The van der Waals surface area contributed by atoms with Crippen molar-refractivity contribution in [2.24, 2.45) is 0 Å². The van der Waals surface area contributed by atoms with Gasteiger partial charge in [-0.1, -0.05) is 0 Å². The average molecular weight is 353 g/mol. The van der Waals surface area contributed by atoms with Crippen molar-refractivity contribution in [2.45, 2.75) is 38.8 Å². The molecular formula is C14H28N2O4S2. The molecule has 0 unspecified atom stereocenters. The Kier molecular flexibility index (Phi) is 13.9. The maximum absolute atomic E-state index is 11.4. The van der Waals surface area contributed by atoms with Crippen molar-refractivity contribution >= 4 is 37.2 Å². The second-order valence-electron chi connectivity index (χ2n) is 4.69. The topological polar surface area (TPSA) is 76.7 Å². The lowest BCUT2D eigenvalue weighted by atomic mass is 10.2. The number of thiol groups is 2. The summed E-state index contributed by atoms with van der Waals surface area (Å²) >= 11 is 8.45. The Morgan fingerprint density at radius 2 is 1.23 bits per heavy atom. The summed E-state index contributed by atoms with van der Waals surface area (Å²) in [7, 11) is 0. The van der Waals surface area contributed by atoms with Crippen LogP contribution in [0, 0.1) is 0 Å². The van der Waals surface area contributed by atoms with Gasteiger partial charge in [-0.3, -0.25) is 9.59 Å². The maximum Gasteiger partial charge on any atom is 0.307 e. The van der Waals surface area contributed by atoms with Gasteiger partial charge in [0, 0.05) is 36.7 Å². The predicted octanol–water partition coefficient (Wildman–Crippen LogP) is 0.669. The molecule has 0 amide bonds. The summed E-state index contributed by atoms with van der Waals surface area (Å²) in [5.41, 5.74) is 0. The minimum atomic E-state index is -0.224. The van der Waals surface area contributed by atoms with Crippen LogP contribution in [-0.4, -0.2) is 61.8 Å². The number of carbonyl (C=O) groups is 2. The van der Waals surface area contributed by atoms with Crippen LogP contribution in [-0.2, 0) is 19.1 Å². The van der Waals surface area contributed by atoms with Crippen LogP contribution in [0.5, 0.6) is 0 Å². The number of carbonyl (C=O) groups excluding carboxylic acids is 2. The summed E-state index contributed by atoms with van der Waals surface area (Å²) in [4.78, 5) is 22.8. The fraction of sp³-hybridized carbons (Fsp3) is 0.857. The Morgan fingerprint density at radius 1 is 0.864 bits per heavy atom. The van der Waals surface area contributed by atoms with Gasteiger partial charge in [-0.05, 0) is 13.8 Å². The van der Waals surface area contributed by atoms with Crippen LogP contribution in [0.2, 0.25) is 0 Å². The molecular weight excluding hydrogens is 324 g/mol. The van der Waals surface area contributed by atoms with Gasteiger partial charge in [0.05, 0.1) is 26.1 Å². The zero-order chi connectivity index (χ0) is 16.8. The second-order valence-corrected chi connectivity index (χ2v) is 5.42. The van der Waals surface area contributed by atoms with Crippen LogP contribution in [0.3, 0.4) is 0 Å². The number of esters is 2. The zero-order valence-electron chi connectivity index (χ0n) is 13.3. The molecule has 0 heterocycles. The minimum Gasteiger partial charge on any atom is -0.466 e. The first kappa shape index (κ1) is 21.6. The Balaban J connectivity index is 3.90. The lowest BCUT2D eigenvalue weighted by molar-refractivity contribution is -0.144. The van der Waals surface area contributed by atoms with Gasteiger partial charge < -0.3 is 20.1 Å². The normalized spacial score (nSPS) is 13.5. The minimum absolute atomic E-state index is 0.0244. The summed E-state index contributed by atoms with van der Waals surface area (Å²) in [6.07, 6.45) is 0.603. The SMILES string of the molecule is CCOC(=O)C[C@@H](CS)NCCN[C@@H](CS)CC(=O)OCC. The molecule has 6 nitrogen and oxygen atoms in total. The van der Waals surface area contributed by atoms with E-state index in [1.165, 1.54) is 0 Å². The smallest absolute Gasteiger partial charge is 0.307 e. The summed E-state index contributed by atoms with van der Waals surface area (Å²) in [6, 6.07) is -0.0487. The Bertz CT molecular complexity index is 289. The monoisotopic (exact) mass is 352 g/mol. The van der Waals surface area contributed by atoms with Gasteiger partial charge >= 0.3 is 11.9 Å². The van der Waals surface area contributed by atoms with E-state index in [4.69, 9.17) is 9.47 Å². The fourth-order valence-electron chi connectivity index (χ4n) is 1.80. The summed E-state index contributed by atoms with van der Waals surface area (Å²) in [5, 5.41) is 6.47. The van der Waals surface area contributed by atoms with Gasteiger partial charge in [-0.25, -0.2) is 0 Å². The first-order chi connectivity index (χ1) is 10.6. The molecule has 0 fully saturated rings. The van der Waals surface area contributed by atoms with Gasteiger partial charge in [-0.2, -0.15) is 25.3 Å². The Morgan fingerprint density at radius 3 is 1.50 bits per heavy atom. The highest BCUT2D eigenvalue weighted by molar-refractivity contribution is 7.80. The van der Waals surface area contributed by atoms with Gasteiger partial charge in [0.15, 0.2) is 0 Å². The molecule has 0 bridgehead atoms. The number of ether oxygens (including phenoxy) is 2. The Labute approximate surface area is 143 Å². The molecule has 0 saturated carbocycles. The molecule has 0 aromatic heterocycles. The molecule has 22 heavy (non-hydrogen) atoms. The molecule has 0 aromatic carbocycles. The lowest BCUT2D eigenvalue weighted by Gasteiger charge is -2.18. The van der Waals surface area contributed by atoms with Gasteiger partial charge in [0.25, 0.3) is 0 Å². The molecule has 0 spiro atoms. The molecule has 0 aliphatic rings. The second kappa shape index (κ2) is 14.2. The van der Waals surface area contributed by atoms with E-state index in [1.807, 2.05) is 0 Å². The van der Waals surface area contributed by atoms with E-state index in [2.05, 4.69) is 35.9 Å². The first-order valence-electron chi connectivity index (χ1n) is 7.57. The van der Waals surface area contributed by atoms with Crippen molar-refractivity contribution in [3.8, 4) is 0 Å². The van der Waals surface area contributed by atoms with Crippen LogP contribution in [0.4, 0.5) is 0 Å². The summed E-state index contributed by atoms with van der Waals surface area (Å²) in [5.74, 6) is 0.657. The highest BCUT2D eigenvalue weighted by atomic mass is 32.1. The van der Waals surface area contributed by atoms with E-state index in [1.54, 1.807) is 13.8 Å². The first-order valence-corrected chi connectivity index (χ1v) is 8.83. The average Bonchev–Trinajstić information content (AvgIpc) is 2.49. The van der Waals surface area contributed by atoms with Crippen LogP contribution in [0.1, 0.15) is 26.7 Å². The van der Waals surface area contributed by atoms with Gasteiger partial charge in [0.1, 0.15) is 0 Å². The van der Waals surface area contributed by atoms with E-state index in [9.17, 15) is 9.59 Å². The van der Waals surface area contributed by atoms with Crippen LogP contribution >= 0.6 is 25.3 Å². The molecule has 2 N–H and O–H groups in total. The Hall–Kier alpha value is -0.440. The van der Waals surface area contributed by atoms with Gasteiger partial charge in [-0.15, -0.1) is 0 Å². The largest absolute Gasteiger partial charge is 0.466 e. The number of rotatable bonds is 13. The molecule has 8 heteroatoms. The number of nitrogens with one attached hydrogen (secondary N) is 2. The van der Waals surface area contributed by atoms with Crippen molar-refractivity contribution in [2.75, 3.05) is 37.8 Å².